The van der Waals surface area contributed by atoms with Crippen LogP contribution in [0.25, 0.3) is 21.8 Å². The summed E-state index contributed by atoms with van der Waals surface area (Å²) in [6.07, 6.45) is 11.0. The molecule has 344 valence electrons. The molecule has 0 fully saturated rings. The Hall–Kier alpha value is -7.22. The van der Waals surface area contributed by atoms with Crippen molar-refractivity contribution in [1.29, 1.82) is 0 Å². The van der Waals surface area contributed by atoms with Gasteiger partial charge in [0.05, 0.1) is 78.4 Å². The van der Waals surface area contributed by atoms with Gasteiger partial charge in [-0.3, -0.25) is 20.2 Å². The molecule has 0 unspecified atom stereocenters. The summed E-state index contributed by atoms with van der Waals surface area (Å²) in [5.74, 6) is 2.26. The number of nitrogens with zero attached hydrogens (tertiary/aromatic N) is 15. The zero-order valence-corrected chi connectivity index (χ0v) is 41.0. The van der Waals surface area contributed by atoms with Gasteiger partial charge in [0, 0.05) is 24.9 Å². The first-order chi connectivity index (χ1) is 31.8. The van der Waals surface area contributed by atoms with Crippen LogP contribution in [0.3, 0.4) is 0 Å². The molecule has 8 aromatic rings. The molecule has 8 rings (SSSR count). The Morgan fingerprint density at radius 1 is 0.582 bits per heavy atom. The number of fused-ring (bicyclic) bond motifs is 2. The molecule has 1 N–H and O–H groups in total. The summed E-state index contributed by atoms with van der Waals surface area (Å²) >= 11 is 11.2. The van der Waals surface area contributed by atoms with Crippen molar-refractivity contribution in [3.63, 3.8) is 0 Å². The van der Waals surface area contributed by atoms with E-state index in [4.69, 9.17) is 37.8 Å². The summed E-state index contributed by atoms with van der Waals surface area (Å²) in [4.78, 5) is 68.1. The molecule has 0 radical (unpaired) electrons. The van der Waals surface area contributed by atoms with Crippen LogP contribution in [0.1, 0.15) is 11.6 Å². The molecule has 0 aliphatic carbocycles. The topological polar surface area (TPSA) is 307 Å². The molecule has 0 atom stereocenters. The number of nitrogens with one attached hydrogen (secondary N) is 1. The van der Waals surface area contributed by atoms with E-state index in [1.165, 1.54) is 14.2 Å². The number of methoxy groups -OCH3 is 3. The van der Waals surface area contributed by atoms with Crippen molar-refractivity contribution in [2.45, 2.75) is 13.8 Å². The third-order valence-corrected chi connectivity index (χ3v) is 8.27. The Kier molecular flexibility index (Phi) is 24.5. The molecule has 0 spiro atoms. The summed E-state index contributed by atoms with van der Waals surface area (Å²) in [5.41, 5.74) is 3.21. The molecule has 0 amide bonds. The first kappa shape index (κ1) is 55.9. The van der Waals surface area contributed by atoms with Crippen LogP contribution in [0.4, 0.5) is 28.6 Å². The predicted octanol–water partition coefficient (Wildman–Crippen LogP) is 3.04. The number of hydrogen-bond acceptors (Lipinski definition) is 22. The Morgan fingerprint density at radius 3 is 1.42 bits per heavy atom. The van der Waals surface area contributed by atoms with Gasteiger partial charge in [-0.1, -0.05) is 35.9 Å². The van der Waals surface area contributed by atoms with Gasteiger partial charge in [0.25, 0.3) is 0 Å². The number of halogens is 2. The van der Waals surface area contributed by atoms with Gasteiger partial charge in [-0.25, -0.2) is 49.8 Å². The minimum Gasteiger partial charge on any atom is -0.857 e. The number of para-hydroxylation sites is 2. The van der Waals surface area contributed by atoms with Crippen LogP contribution < -0.4 is 59.1 Å². The van der Waals surface area contributed by atoms with Crippen LogP contribution in [-0.4, -0.2) is 112 Å². The van der Waals surface area contributed by atoms with E-state index in [-0.39, 0.29) is 52.2 Å². The van der Waals surface area contributed by atoms with E-state index >= 15 is 0 Å². The van der Waals surface area contributed by atoms with E-state index < -0.39 is 9.85 Å². The number of ether oxygens (including phenoxy) is 3. The third-order valence-electron chi connectivity index (χ3n) is 7.79. The van der Waals surface area contributed by atoms with Crippen molar-refractivity contribution in [3.8, 4) is 18.0 Å². The zero-order valence-electron chi connectivity index (χ0n) is 37.5. The van der Waals surface area contributed by atoms with Crippen molar-refractivity contribution in [2.75, 3.05) is 52.8 Å². The number of benzene rings is 2. The summed E-state index contributed by atoms with van der Waals surface area (Å²) in [6, 6.07) is 16.5. The molecular formula is C40H41Cl2N16NaO8. The fourth-order valence-electron chi connectivity index (χ4n) is 4.75. The smallest absolute Gasteiger partial charge is 0.857 e. The van der Waals surface area contributed by atoms with Gasteiger partial charge < -0.3 is 29.5 Å². The Balaban J connectivity index is 0.000000294. The molecule has 6 aromatic heterocycles. The van der Waals surface area contributed by atoms with Gasteiger partial charge in [0.15, 0.2) is 0 Å². The van der Waals surface area contributed by atoms with Crippen LogP contribution in [0.15, 0.2) is 98.1 Å². The number of aryl methyl sites for hydroxylation is 2. The second kappa shape index (κ2) is 29.3. The number of nitro groups is 2. The standard InChI is InChI=1S/C15H15N5O.C9H7ClN2.C6H9N3O.C5H5N3O3.C4H2ClN3O2.CH3O.Na/c1-10-18-13-7-5-4-6-12(13)14(19-10)20(2)11-8-16-15(21-3)17-9-11;1-6-11-8-5-3-2-4-7(8)9(10)12-6;1-7-5-3-8-6(10-2)9-4-5;1-11-5-6-2-4(3-7-5)8(9)10;5-4-6-1-3(2-7-4)8(9)10;1-2;/h4-9H,1-3H3;2-5H,1H3;3-4,7H,1-2H3;2-3H,1H3;1-2H;1H3;/q;;;;;-1;+1. The maximum Gasteiger partial charge on any atom is 1.00 e. The van der Waals surface area contributed by atoms with Crippen LogP contribution in [0.5, 0.6) is 18.0 Å². The van der Waals surface area contributed by atoms with Gasteiger partial charge >= 0.3 is 59.0 Å². The largest absolute Gasteiger partial charge is 1.00 e. The molecule has 6 heterocycles. The fraction of sp³-hybridized carbons (Fsp3) is 0.200. The first-order valence-corrected chi connectivity index (χ1v) is 19.3. The Morgan fingerprint density at radius 2 is 0.970 bits per heavy atom. The molecule has 0 aliphatic heterocycles. The average molecular weight is 968 g/mol. The molecule has 0 saturated carbocycles. The van der Waals surface area contributed by atoms with Gasteiger partial charge in [-0.05, 0) is 49.7 Å². The number of hydrogen-bond donors (Lipinski definition) is 1. The fourth-order valence-corrected chi connectivity index (χ4v) is 5.13. The second-order valence-corrected chi connectivity index (χ2v) is 12.7. The molecule has 0 aliphatic rings. The summed E-state index contributed by atoms with van der Waals surface area (Å²) < 4.78 is 14.3. The van der Waals surface area contributed by atoms with E-state index in [1.54, 1.807) is 31.9 Å². The van der Waals surface area contributed by atoms with Gasteiger partial charge in [0.1, 0.15) is 47.4 Å². The minimum absolute atomic E-state index is 0. The SMILES string of the molecule is CNc1cnc(OC)nc1.COc1ncc(N(C)c2nc(C)nc3ccccc23)cn1.COc1ncc([N+](=O)[O-])cn1.C[O-].Cc1nc(Cl)c2ccccc2n1.O=[N+]([O-])c1cnc(Cl)nc1.[Na+]. The summed E-state index contributed by atoms with van der Waals surface area (Å²) in [6.45, 7) is 3.71. The van der Waals surface area contributed by atoms with Crippen molar-refractivity contribution in [2.24, 2.45) is 0 Å². The van der Waals surface area contributed by atoms with E-state index in [0.29, 0.717) is 23.0 Å². The van der Waals surface area contributed by atoms with Gasteiger partial charge in [-0.2, -0.15) is 17.1 Å². The molecule has 2 aromatic carbocycles. The van der Waals surface area contributed by atoms with Crippen molar-refractivity contribution in [3.05, 3.63) is 140 Å². The third kappa shape index (κ3) is 17.9. The van der Waals surface area contributed by atoms with Gasteiger partial charge in [-0.15, -0.1) is 0 Å². The van der Waals surface area contributed by atoms with Crippen molar-refractivity contribution >= 4 is 73.6 Å². The number of rotatable bonds is 8. The van der Waals surface area contributed by atoms with E-state index in [0.717, 1.165) is 76.7 Å². The summed E-state index contributed by atoms with van der Waals surface area (Å²) in [5, 5.41) is 33.7. The number of aromatic nitrogens is 12. The van der Waals surface area contributed by atoms with Crippen LogP contribution in [0, 0.1) is 34.1 Å². The van der Waals surface area contributed by atoms with Crippen LogP contribution in [0.2, 0.25) is 10.4 Å². The zero-order chi connectivity index (χ0) is 48.6. The first-order valence-electron chi connectivity index (χ1n) is 18.6. The predicted molar refractivity (Wildman–Crippen MR) is 243 cm³/mol. The Labute approximate surface area is 414 Å². The molecule has 67 heavy (non-hydrogen) atoms. The molecule has 27 heteroatoms. The molecule has 0 saturated heterocycles. The van der Waals surface area contributed by atoms with Crippen LogP contribution >= 0.6 is 23.2 Å². The quantitative estimate of drug-likeness (QED) is 0.0752. The van der Waals surface area contributed by atoms with Crippen molar-refractivity contribution < 1.29 is 58.7 Å². The monoisotopic (exact) mass is 966 g/mol. The second-order valence-electron chi connectivity index (χ2n) is 12.0. The van der Waals surface area contributed by atoms with E-state index in [2.05, 4.69) is 69.9 Å². The molecule has 24 nitrogen and oxygen atoms in total. The molecule has 0 bridgehead atoms. The normalized spacial score (nSPS) is 9.54. The van der Waals surface area contributed by atoms with E-state index in [1.807, 2.05) is 81.4 Å². The minimum atomic E-state index is -0.587. The van der Waals surface area contributed by atoms with E-state index in [9.17, 15) is 20.2 Å². The number of anilines is 3. The molecular weight excluding hydrogens is 926 g/mol. The average Bonchev–Trinajstić information content (AvgIpc) is 3.35. The maximum absolute atomic E-state index is 10.1. The van der Waals surface area contributed by atoms with Gasteiger partial charge in [0.2, 0.25) is 5.28 Å². The Bertz CT molecular complexity index is 2730. The maximum atomic E-state index is 10.1. The van der Waals surface area contributed by atoms with Crippen LogP contribution in [-0.2, 0) is 0 Å². The van der Waals surface area contributed by atoms with Crippen molar-refractivity contribution in [1.82, 2.24) is 59.8 Å². The summed E-state index contributed by atoms with van der Waals surface area (Å²) in [7, 11) is 8.96.